The average Bonchev–Trinajstić information content (AvgIpc) is 3.05. The van der Waals surface area contributed by atoms with Crippen LogP contribution in [0.5, 0.6) is 0 Å². The molecule has 152 valence electrons. The first-order chi connectivity index (χ1) is 13.8. The van der Waals surface area contributed by atoms with Crippen molar-refractivity contribution in [2.75, 3.05) is 23.4 Å². The normalized spacial score (nSPS) is 16.1. The van der Waals surface area contributed by atoms with E-state index in [0.717, 1.165) is 22.4 Å². The summed E-state index contributed by atoms with van der Waals surface area (Å²) in [6.07, 6.45) is 0.0711. The maximum atomic E-state index is 12.5. The Hall–Kier alpha value is -2.86. The van der Waals surface area contributed by atoms with E-state index in [0.29, 0.717) is 10.7 Å². The van der Waals surface area contributed by atoms with Crippen LogP contribution in [-0.4, -0.2) is 30.9 Å². The highest BCUT2D eigenvalue weighted by atomic mass is 35.5. The van der Waals surface area contributed by atoms with Crippen molar-refractivity contribution in [1.29, 1.82) is 0 Å². The van der Waals surface area contributed by atoms with E-state index in [9.17, 15) is 14.4 Å². The first kappa shape index (κ1) is 20.9. The van der Waals surface area contributed by atoms with Gasteiger partial charge in [-0.2, -0.15) is 0 Å². The molecule has 7 heteroatoms. The quantitative estimate of drug-likeness (QED) is 0.755. The van der Waals surface area contributed by atoms with Gasteiger partial charge in [-0.25, -0.2) is 0 Å². The number of esters is 1. The summed E-state index contributed by atoms with van der Waals surface area (Å²) in [5.41, 5.74) is 4.09. The fourth-order valence-electron chi connectivity index (χ4n) is 3.50. The van der Waals surface area contributed by atoms with Gasteiger partial charge in [0.15, 0.2) is 6.61 Å². The molecule has 2 aromatic rings. The molecule has 29 heavy (non-hydrogen) atoms. The van der Waals surface area contributed by atoms with Gasteiger partial charge in [-0.1, -0.05) is 35.9 Å². The molecule has 3 rings (SSSR count). The Labute approximate surface area is 174 Å². The van der Waals surface area contributed by atoms with Gasteiger partial charge >= 0.3 is 5.97 Å². The Bertz CT molecular complexity index is 953. The second-order valence-electron chi connectivity index (χ2n) is 7.21. The maximum absolute atomic E-state index is 12.5. The molecule has 0 aromatic heterocycles. The van der Waals surface area contributed by atoms with Gasteiger partial charge in [-0.3, -0.25) is 14.4 Å². The number of para-hydroxylation sites is 1. The van der Waals surface area contributed by atoms with Crippen LogP contribution in [0.3, 0.4) is 0 Å². The lowest BCUT2D eigenvalue weighted by molar-refractivity contribution is -0.151. The zero-order valence-electron chi connectivity index (χ0n) is 16.6. The molecule has 0 saturated carbocycles. The van der Waals surface area contributed by atoms with Crippen LogP contribution < -0.4 is 10.2 Å². The SMILES string of the molecule is Cc1cccc(C)c1N1C[C@@H](C(=O)OCC(=O)Nc2cccc(Cl)c2C)CC1=O. The third-order valence-electron chi connectivity index (χ3n) is 5.06. The van der Waals surface area contributed by atoms with Crippen molar-refractivity contribution in [3.05, 3.63) is 58.1 Å². The Morgan fingerprint density at radius 1 is 1.14 bits per heavy atom. The van der Waals surface area contributed by atoms with E-state index in [-0.39, 0.29) is 18.9 Å². The molecular formula is C22H23ClN2O4. The van der Waals surface area contributed by atoms with Gasteiger partial charge in [0, 0.05) is 29.4 Å². The van der Waals surface area contributed by atoms with Crippen LogP contribution in [0, 0.1) is 26.7 Å². The molecule has 0 radical (unpaired) electrons. The van der Waals surface area contributed by atoms with E-state index in [4.69, 9.17) is 16.3 Å². The number of nitrogens with zero attached hydrogens (tertiary/aromatic N) is 1. The lowest BCUT2D eigenvalue weighted by Crippen LogP contribution is -2.29. The Morgan fingerprint density at radius 3 is 2.48 bits per heavy atom. The smallest absolute Gasteiger partial charge is 0.311 e. The van der Waals surface area contributed by atoms with E-state index in [1.165, 1.54) is 0 Å². The second kappa shape index (κ2) is 8.66. The number of carbonyl (C=O) groups is 3. The molecule has 2 aromatic carbocycles. The molecule has 0 unspecified atom stereocenters. The van der Waals surface area contributed by atoms with Gasteiger partial charge in [-0.05, 0) is 49.6 Å². The summed E-state index contributed by atoms with van der Waals surface area (Å²) in [4.78, 5) is 38.6. The van der Waals surface area contributed by atoms with Crippen LogP contribution in [0.25, 0.3) is 0 Å². The first-order valence-electron chi connectivity index (χ1n) is 9.36. The van der Waals surface area contributed by atoms with Gasteiger partial charge in [0.25, 0.3) is 5.91 Å². The van der Waals surface area contributed by atoms with Crippen molar-refractivity contribution >= 4 is 40.8 Å². The molecule has 1 fully saturated rings. The fraction of sp³-hybridized carbons (Fsp3) is 0.318. The number of rotatable bonds is 5. The van der Waals surface area contributed by atoms with Crippen molar-refractivity contribution in [3.8, 4) is 0 Å². The van der Waals surface area contributed by atoms with E-state index >= 15 is 0 Å². The van der Waals surface area contributed by atoms with Crippen molar-refractivity contribution in [2.24, 2.45) is 5.92 Å². The van der Waals surface area contributed by atoms with Gasteiger partial charge in [0.2, 0.25) is 5.91 Å². The summed E-state index contributed by atoms with van der Waals surface area (Å²) in [7, 11) is 0. The monoisotopic (exact) mass is 414 g/mol. The number of amides is 2. The van der Waals surface area contributed by atoms with Crippen LogP contribution in [-0.2, 0) is 19.1 Å². The molecular weight excluding hydrogens is 392 g/mol. The van der Waals surface area contributed by atoms with Crippen LogP contribution in [0.15, 0.2) is 36.4 Å². The molecule has 1 aliphatic rings. The predicted molar refractivity (Wildman–Crippen MR) is 112 cm³/mol. The van der Waals surface area contributed by atoms with Crippen LogP contribution in [0.1, 0.15) is 23.1 Å². The number of hydrogen-bond donors (Lipinski definition) is 1. The summed E-state index contributed by atoms with van der Waals surface area (Å²) in [6.45, 7) is 5.49. The zero-order chi connectivity index (χ0) is 21.1. The minimum absolute atomic E-state index is 0.0711. The van der Waals surface area contributed by atoms with Gasteiger partial charge in [-0.15, -0.1) is 0 Å². The molecule has 2 amide bonds. The summed E-state index contributed by atoms with van der Waals surface area (Å²) in [6, 6.07) is 11.0. The highest BCUT2D eigenvalue weighted by molar-refractivity contribution is 6.31. The molecule has 0 aliphatic carbocycles. The van der Waals surface area contributed by atoms with Crippen molar-refractivity contribution in [1.82, 2.24) is 0 Å². The fourth-order valence-corrected chi connectivity index (χ4v) is 3.67. The summed E-state index contributed by atoms with van der Waals surface area (Å²) in [5, 5.41) is 3.22. The Morgan fingerprint density at radius 2 is 1.79 bits per heavy atom. The van der Waals surface area contributed by atoms with Gasteiger partial charge in [0.05, 0.1) is 5.92 Å². The molecule has 1 heterocycles. The van der Waals surface area contributed by atoms with Gasteiger partial charge < -0.3 is 15.0 Å². The number of aryl methyl sites for hydroxylation is 2. The first-order valence-corrected chi connectivity index (χ1v) is 9.74. The van der Waals surface area contributed by atoms with Crippen LogP contribution in [0.4, 0.5) is 11.4 Å². The molecule has 1 atom stereocenters. The summed E-state index contributed by atoms with van der Waals surface area (Å²) < 4.78 is 5.16. The van der Waals surface area contributed by atoms with Gasteiger partial charge in [0.1, 0.15) is 0 Å². The molecule has 6 nitrogen and oxygen atoms in total. The lowest BCUT2D eigenvalue weighted by Gasteiger charge is -2.21. The third kappa shape index (κ3) is 4.59. The summed E-state index contributed by atoms with van der Waals surface area (Å²) in [5.74, 6) is -1.73. The van der Waals surface area contributed by atoms with Crippen LogP contribution >= 0.6 is 11.6 Å². The minimum atomic E-state index is -0.595. The minimum Gasteiger partial charge on any atom is -0.455 e. The topological polar surface area (TPSA) is 75.7 Å². The predicted octanol–water partition coefficient (Wildman–Crippen LogP) is 3.80. The molecule has 1 N–H and O–H groups in total. The molecule has 1 aliphatic heterocycles. The molecule has 0 spiro atoms. The van der Waals surface area contributed by atoms with E-state index in [1.807, 2.05) is 32.0 Å². The number of carbonyl (C=O) groups excluding carboxylic acids is 3. The Kier molecular flexibility index (Phi) is 6.23. The highest BCUT2D eigenvalue weighted by Crippen LogP contribution is 2.31. The number of ether oxygens (including phenoxy) is 1. The maximum Gasteiger partial charge on any atom is 0.311 e. The van der Waals surface area contributed by atoms with Crippen molar-refractivity contribution < 1.29 is 19.1 Å². The third-order valence-corrected chi connectivity index (χ3v) is 5.46. The highest BCUT2D eigenvalue weighted by Gasteiger charge is 2.37. The number of nitrogens with one attached hydrogen (secondary N) is 1. The molecule has 0 bridgehead atoms. The summed E-state index contributed by atoms with van der Waals surface area (Å²) >= 11 is 6.04. The largest absolute Gasteiger partial charge is 0.455 e. The number of benzene rings is 2. The number of anilines is 2. The average molecular weight is 415 g/mol. The van der Waals surface area contributed by atoms with Crippen LogP contribution in [0.2, 0.25) is 5.02 Å². The van der Waals surface area contributed by atoms with Crippen molar-refractivity contribution in [3.63, 3.8) is 0 Å². The van der Waals surface area contributed by atoms with Crippen molar-refractivity contribution in [2.45, 2.75) is 27.2 Å². The zero-order valence-corrected chi connectivity index (χ0v) is 17.4. The standard InChI is InChI=1S/C22H23ClN2O4/c1-13-6-4-7-14(2)21(13)25-11-16(10-20(25)27)22(28)29-12-19(26)24-18-9-5-8-17(23)15(18)3/h4-9,16H,10-12H2,1-3H3,(H,24,26)/t16-/m0/s1. The second-order valence-corrected chi connectivity index (χ2v) is 7.62. The Balaban J connectivity index is 1.58. The molecule has 1 saturated heterocycles. The van der Waals surface area contributed by atoms with E-state index < -0.39 is 24.4 Å². The number of hydrogen-bond acceptors (Lipinski definition) is 4. The van der Waals surface area contributed by atoms with E-state index in [1.54, 1.807) is 30.0 Å². The number of halogens is 1. The lowest BCUT2D eigenvalue weighted by atomic mass is 10.1. The van der Waals surface area contributed by atoms with E-state index in [2.05, 4.69) is 5.32 Å².